The Balaban J connectivity index is 1.85. The highest BCUT2D eigenvalue weighted by Crippen LogP contribution is 2.28. The van der Waals surface area contributed by atoms with Gasteiger partial charge in [-0.05, 0) is 19.8 Å². The van der Waals surface area contributed by atoms with Gasteiger partial charge in [-0.3, -0.25) is 4.57 Å². The van der Waals surface area contributed by atoms with E-state index in [4.69, 9.17) is 9.84 Å². The van der Waals surface area contributed by atoms with Gasteiger partial charge < -0.3 is 25.0 Å². The van der Waals surface area contributed by atoms with Crippen LogP contribution < -0.4 is 10.6 Å². The smallest absolute Gasteiger partial charge is 0.351 e. The minimum absolute atomic E-state index is 0.0563. The van der Waals surface area contributed by atoms with Crippen LogP contribution in [0.3, 0.4) is 0 Å². The van der Waals surface area contributed by atoms with Gasteiger partial charge in [-0.2, -0.15) is 4.98 Å². The standard InChI is InChI=1S/C14H21N3O5/c1-8-4-17(12-3-2-9(7-18)22-12)14(21)15-13(8)16-5-10(19)11(20)6-16/h4,9-12,18-20H,2-3,5-7H2,1H3/t9-,10-,11-,12+/m0/s1. The predicted octanol–water partition coefficient (Wildman–Crippen LogP) is -1.24. The molecular formula is C14H21N3O5. The van der Waals surface area contributed by atoms with Gasteiger partial charge in [-0.1, -0.05) is 0 Å². The Hall–Kier alpha value is -1.48. The monoisotopic (exact) mass is 311 g/mol. The van der Waals surface area contributed by atoms with Crippen molar-refractivity contribution >= 4 is 5.82 Å². The lowest BCUT2D eigenvalue weighted by atomic mass is 10.2. The number of aliphatic hydroxyl groups is 3. The Labute approximate surface area is 127 Å². The first-order chi connectivity index (χ1) is 10.5. The van der Waals surface area contributed by atoms with E-state index in [0.29, 0.717) is 18.7 Å². The van der Waals surface area contributed by atoms with E-state index in [1.165, 1.54) is 4.57 Å². The number of hydrogen-bond donors (Lipinski definition) is 3. The molecule has 0 bridgehead atoms. The van der Waals surface area contributed by atoms with Gasteiger partial charge in [0, 0.05) is 24.8 Å². The topological polar surface area (TPSA) is 108 Å². The van der Waals surface area contributed by atoms with E-state index in [2.05, 4.69) is 4.98 Å². The second-order valence-electron chi connectivity index (χ2n) is 5.95. The highest BCUT2D eigenvalue weighted by atomic mass is 16.5. The number of rotatable bonds is 3. The predicted molar refractivity (Wildman–Crippen MR) is 77.7 cm³/mol. The summed E-state index contributed by atoms with van der Waals surface area (Å²) < 4.78 is 7.05. The number of aryl methyl sites for hydroxylation is 1. The van der Waals surface area contributed by atoms with Gasteiger partial charge in [0.2, 0.25) is 0 Å². The first kappa shape index (κ1) is 15.4. The summed E-state index contributed by atoms with van der Waals surface area (Å²) in [7, 11) is 0. The molecule has 0 spiro atoms. The molecule has 2 saturated heterocycles. The van der Waals surface area contributed by atoms with Crippen molar-refractivity contribution in [2.24, 2.45) is 0 Å². The molecule has 122 valence electrons. The molecule has 1 aromatic rings. The van der Waals surface area contributed by atoms with Crippen LogP contribution in [0.2, 0.25) is 0 Å². The van der Waals surface area contributed by atoms with Crippen LogP contribution in [0.25, 0.3) is 0 Å². The molecule has 0 amide bonds. The number of anilines is 1. The summed E-state index contributed by atoms with van der Waals surface area (Å²) in [6, 6.07) is 0. The van der Waals surface area contributed by atoms with Crippen molar-refractivity contribution < 1.29 is 20.1 Å². The summed E-state index contributed by atoms with van der Waals surface area (Å²) in [5, 5.41) is 28.4. The Kier molecular flexibility index (Phi) is 4.18. The summed E-state index contributed by atoms with van der Waals surface area (Å²) >= 11 is 0. The highest BCUT2D eigenvalue weighted by molar-refractivity contribution is 5.46. The lowest BCUT2D eigenvalue weighted by Crippen LogP contribution is -2.32. The van der Waals surface area contributed by atoms with E-state index in [1.54, 1.807) is 11.1 Å². The van der Waals surface area contributed by atoms with E-state index in [0.717, 1.165) is 5.56 Å². The number of nitrogens with zero attached hydrogens (tertiary/aromatic N) is 3. The van der Waals surface area contributed by atoms with Gasteiger partial charge in [0.05, 0.1) is 24.9 Å². The van der Waals surface area contributed by atoms with Gasteiger partial charge >= 0.3 is 5.69 Å². The average molecular weight is 311 g/mol. The molecule has 0 radical (unpaired) electrons. The molecule has 3 heterocycles. The van der Waals surface area contributed by atoms with Crippen molar-refractivity contribution in [2.45, 2.75) is 44.3 Å². The first-order valence-electron chi connectivity index (χ1n) is 7.46. The van der Waals surface area contributed by atoms with Crippen LogP contribution in [0.4, 0.5) is 5.82 Å². The van der Waals surface area contributed by atoms with E-state index in [-0.39, 0.29) is 25.8 Å². The van der Waals surface area contributed by atoms with Crippen LogP contribution in [0.15, 0.2) is 11.0 Å². The highest BCUT2D eigenvalue weighted by Gasteiger charge is 2.32. The van der Waals surface area contributed by atoms with Crippen molar-refractivity contribution in [1.29, 1.82) is 0 Å². The summed E-state index contributed by atoms with van der Waals surface area (Å²) in [6.45, 7) is 2.28. The Bertz CT molecular complexity index is 595. The summed E-state index contributed by atoms with van der Waals surface area (Å²) in [4.78, 5) is 18.1. The van der Waals surface area contributed by atoms with E-state index < -0.39 is 24.1 Å². The Morgan fingerprint density at radius 1 is 1.32 bits per heavy atom. The van der Waals surface area contributed by atoms with E-state index in [1.807, 2.05) is 6.92 Å². The third-order valence-corrected chi connectivity index (χ3v) is 4.27. The van der Waals surface area contributed by atoms with Crippen molar-refractivity contribution in [3.63, 3.8) is 0 Å². The molecule has 8 heteroatoms. The zero-order valence-corrected chi connectivity index (χ0v) is 12.4. The van der Waals surface area contributed by atoms with Crippen LogP contribution in [0.5, 0.6) is 0 Å². The summed E-state index contributed by atoms with van der Waals surface area (Å²) in [5.41, 5.74) is 0.344. The van der Waals surface area contributed by atoms with Crippen LogP contribution in [-0.2, 0) is 4.74 Å². The van der Waals surface area contributed by atoms with Crippen molar-refractivity contribution in [3.05, 3.63) is 22.2 Å². The minimum Gasteiger partial charge on any atom is -0.394 e. The number of aromatic nitrogens is 2. The molecule has 4 atom stereocenters. The molecule has 3 rings (SSSR count). The van der Waals surface area contributed by atoms with E-state index >= 15 is 0 Å². The molecule has 1 aromatic heterocycles. The summed E-state index contributed by atoms with van der Waals surface area (Å²) in [6.07, 6.45) is 0.761. The third kappa shape index (κ3) is 2.74. The van der Waals surface area contributed by atoms with Gasteiger partial charge in [0.15, 0.2) is 0 Å². The lowest BCUT2D eigenvalue weighted by molar-refractivity contribution is -0.0246. The number of aliphatic hydroxyl groups excluding tert-OH is 3. The van der Waals surface area contributed by atoms with Crippen LogP contribution in [-0.4, -0.2) is 62.9 Å². The van der Waals surface area contributed by atoms with Gasteiger partial charge in [-0.15, -0.1) is 0 Å². The fraction of sp³-hybridized carbons (Fsp3) is 0.714. The van der Waals surface area contributed by atoms with E-state index in [9.17, 15) is 15.0 Å². The lowest BCUT2D eigenvalue weighted by Gasteiger charge is -2.21. The zero-order chi connectivity index (χ0) is 15.9. The van der Waals surface area contributed by atoms with Crippen molar-refractivity contribution in [1.82, 2.24) is 9.55 Å². The normalized spacial score (nSPS) is 31.9. The van der Waals surface area contributed by atoms with Crippen LogP contribution >= 0.6 is 0 Å². The van der Waals surface area contributed by atoms with Gasteiger partial charge in [-0.25, -0.2) is 4.79 Å². The van der Waals surface area contributed by atoms with Crippen molar-refractivity contribution in [3.8, 4) is 0 Å². The fourth-order valence-electron chi connectivity index (χ4n) is 3.05. The quantitative estimate of drug-likeness (QED) is 0.641. The second kappa shape index (κ2) is 5.96. The van der Waals surface area contributed by atoms with Crippen molar-refractivity contribution in [2.75, 3.05) is 24.6 Å². The maximum absolute atomic E-state index is 12.3. The molecule has 2 fully saturated rings. The largest absolute Gasteiger partial charge is 0.394 e. The van der Waals surface area contributed by atoms with Crippen LogP contribution in [0.1, 0.15) is 24.6 Å². The molecule has 2 aliphatic rings. The molecule has 8 nitrogen and oxygen atoms in total. The number of hydrogen-bond acceptors (Lipinski definition) is 7. The SMILES string of the molecule is Cc1cn([C@H]2CC[C@@H](CO)O2)c(=O)nc1N1C[C@H](O)[C@@H](O)C1. The third-order valence-electron chi connectivity index (χ3n) is 4.27. The molecule has 22 heavy (non-hydrogen) atoms. The average Bonchev–Trinajstić information content (AvgIpc) is 3.08. The second-order valence-corrected chi connectivity index (χ2v) is 5.95. The molecule has 3 N–H and O–H groups in total. The van der Waals surface area contributed by atoms with Gasteiger partial charge in [0.1, 0.15) is 12.0 Å². The Morgan fingerprint density at radius 3 is 2.59 bits per heavy atom. The molecule has 0 aliphatic carbocycles. The molecule has 0 aromatic carbocycles. The Morgan fingerprint density at radius 2 is 2.00 bits per heavy atom. The molecular weight excluding hydrogens is 290 g/mol. The first-order valence-corrected chi connectivity index (χ1v) is 7.46. The molecule has 2 aliphatic heterocycles. The molecule has 0 unspecified atom stereocenters. The fourth-order valence-corrected chi connectivity index (χ4v) is 3.05. The maximum Gasteiger partial charge on any atom is 0.351 e. The number of β-amino-alcohol motifs (C(OH)–C–C–N with tert-alkyl or cyclic N) is 2. The van der Waals surface area contributed by atoms with Gasteiger partial charge in [0.25, 0.3) is 0 Å². The minimum atomic E-state index is -0.827. The van der Waals surface area contributed by atoms with Crippen LogP contribution in [0, 0.1) is 6.92 Å². The maximum atomic E-state index is 12.3. The summed E-state index contributed by atoms with van der Waals surface area (Å²) in [5.74, 6) is 0.480. The molecule has 0 saturated carbocycles. The number of ether oxygens (including phenoxy) is 1. The zero-order valence-electron chi connectivity index (χ0n) is 12.4.